The number of aryl methyl sites for hydroxylation is 1. The van der Waals surface area contributed by atoms with Gasteiger partial charge in [0.25, 0.3) is 11.2 Å². The minimum atomic E-state index is -0.480. The molecular weight excluding hydrogens is 452 g/mol. The molecule has 3 heterocycles. The second-order valence-corrected chi connectivity index (χ2v) is 7.67. The Morgan fingerprint density at radius 1 is 1.17 bits per heavy atom. The molecule has 5 rings (SSSR count). The molecule has 0 aliphatic carbocycles. The van der Waals surface area contributed by atoms with Gasteiger partial charge in [-0.05, 0) is 24.3 Å². The number of fused-ring (bicyclic) bond motifs is 3. The van der Waals surface area contributed by atoms with E-state index in [-0.39, 0.29) is 11.2 Å². The summed E-state index contributed by atoms with van der Waals surface area (Å²) in [5.41, 5.74) is 2.69. The molecule has 0 bridgehead atoms. The average Bonchev–Trinajstić information content (AvgIpc) is 3.28. The molecule has 0 saturated carbocycles. The second-order valence-electron chi connectivity index (χ2n) is 6.75. The lowest BCUT2D eigenvalue weighted by Crippen LogP contribution is -2.14. The van der Waals surface area contributed by atoms with Gasteiger partial charge in [0, 0.05) is 29.2 Å². The molecule has 0 saturated heterocycles. The van der Waals surface area contributed by atoms with Gasteiger partial charge >= 0.3 is 0 Å². The summed E-state index contributed by atoms with van der Waals surface area (Å²) < 4.78 is 3.88. The van der Waals surface area contributed by atoms with Crippen molar-refractivity contribution in [2.45, 2.75) is 0 Å². The fourth-order valence-corrected chi connectivity index (χ4v) is 3.90. The summed E-state index contributed by atoms with van der Waals surface area (Å²) in [7, 11) is 1.79. The van der Waals surface area contributed by atoms with Gasteiger partial charge in [0.15, 0.2) is 5.65 Å². The van der Waals surface area contributed by atoms with Crippen molar-refractivity contribution < 1.29 is 4.92 Å². The number of nitrogens with one attached hydrogen (secondary N) is 1. The summed E-state index contributed by atoms with van der Waals surface area (Å²) in [6.07, 6.45) is 1.66. The summed E-state index contributed by atoms with van der Waals surface area (Å²) in [5, 5.41) is 19.5. The molecule has 0 atom stereocenters. The maximum Gasteiger partial charge on any atom is 0.281 e. The van der Waals surface area contributed by atoms with Crippen LogP contribution in [0.3, 0.4) is 0 Å². The Morgan fingerprint density at radius 2 is 1.93 bits per heavy atom. The first kappa shape index (κ1) is 18.3. The molecule has 0 aliphatic rings. The van der Waals surface area contributed by atoms with E-state index in [2.05, 4.69) is 26.1 Å². The van der Waals surface area contributed by atoms with E-state index in [9.17, 15) is 14.9 Å². The Morgan fingerprint density at radius 3 is 2.63 bits per heavy atom. The molecule has 0 amide bonds. The van der Waals surface area contributed by atoms with Crippen LogP contribution in [0, 0.1) is 10.1 Å². The van der Waals surface area contributed by atoms with Crippen molar-refractivity contribution in [3.05, 3.63) is 79.7 Å². The lowest BCUT2D eigenvalue weighted by Gasteiger charge is -2.04. The molecule has 0 radical (unpaired) electrons. The second kappa shape index (κ2) is 6.63. The fraction of sp³-hybridized carbons (Fsp3) is 0.0500. The molecule has 30 heavy (non-hydrogen) atoms. The zero-order chi connectivity index (χ0) is 21.0. The van der Waals surface area contributed by atoms with Crippen molar-refractivity contribution in [3.8, 4) is 16.9 Å². The van der Waals surface area contributed by atoms with E-state index in [0.29, 0.717) is 33.3 Å². The SMILES string of the molecule is Cn1ncc2c3[nH]n(-c4ccc([N+](=O)[O-])cc4)c(=O)c3c(-c3cccc(Br)c3)nc21. The number of hydrogen-bond acceptors (Lipinski definition) is 5. The van der Waals surface area contributed by atoms with Crippen LogP contribution < -0.4 is 5.56 Å². The van der Waals surface area contributed by atoms with E-state index >= 15 is 0 Å². The quantitative estimate of drug-likeness (QED) is 0.321. The van der Waals surface area contributed by atoms with Gasteiger partial charge in [0.2, 0.25) is 0 Å². The first-order chi connectivity index (χ1) is 14.4. The molecule has 148 valence electrons. The van der Waals surface area contributed by atoms with E-state index in [1.165, 1.54) is 28.9 Å². The molecular formula is C20H13BrN6O3. The highest BCUT2D eigenvalue weighted by molar-refractivity contribution is 9.10. The number of nitrogens with zero attached hydrogens (tertiary/aromatic N) is 5. The van der Waals surface area contributed by atoms with Crippen molar-refractivity contribution in [3.63, 3.8) is 0 Å². The summed E-state index contributed by atoms with van der Waals surface area (Å²) in [4.78, 5) is 28.6. The number of pyridine rings is 1. The zero-order valence-corrected chi connectivity index (χ0v) is 17.1. The van der Waals surface area contributed by atoms with Gasteiger partial charge in [-0.25, -0.2) is 9.67 Å². The van der Waals surface area contributed by atoms with Gasteiger partial charge in [0.1, 0.15) is 0 Å². The third kappa shape index (κ3) is 2.72. The normalized spacial score (nSPS) is 11.4. The Labute approximate surface area is 176 Å². The minimum Gasteiger partial charge on any atom is -0.289 e. The number of nitro benzene ring substituents is 1. The topological polar surface area (TPSA) is 112 Å². The van der Waals surface area contributed by atoms with E-state index in [1.807, 2.05) is 24.3 Å². The molecule has 0 fully saturated rings. The molecule has 0 unspecified atom stereocenters. The number of H-pyrrole nitrogens is 1. The van der Waals surface area contributed by atoms with Crippen LogP contribution in [-0.4, -0.2) is 29.5 Å². The standard InChI is InChI=1S/C20H13BrN6O3/c1-25-19-15(10-22-25)18-16(17(23-19)11-3-2-4-12(21)9-11)20(28)26(24-18)13-5-7-14(8-6-13)27(29)30/h2-10,24H,1H3. The summed E-state index contributed by atoms with van der Waals surface area (Å²) in [6.45, 7) is 0. The van der Waals surface area contributed by atoms with Crippen molar-refractivity contribution in [1.82, 2.24) is 24.5 Å². The van der Waals surface area contributed by atoms with Crippen LogP contribution in [0.2, 0.25) is 0 Å². The highest BCUT2D eigenvalue weighted by atomic mass is 79.9. The minimum absolute atomic E-state index is 0.0472. The predicted octanol–water partition coefficient (Wildman–Crippen LogP) is 3.94. The van der Waals surface area contributed by atoms with E-state index in [4.69, 9.17) is 4.98 Å². The highest BCUT2D eigenvalue weighted by Crippen LogP contribution is 2.31. The lowest BCUT2D eigenvalue weighted by atomic mass is 10.1. The lowest BCUT2D eigenvalue weighted by molar-refractivity contribution is -0.384. The van der Waals surface area contributed by atoms with Crippen LogP contribution in [-0.2, 0) is 7.05 Å². The molecule has 10 heteroatoms. The third-order valence-electron chi connectivity index (χ3n) is 4.94. The molecule has 9 nitrogen and oxygen atoms in total. The number of aromatic nitrogens is 5. The van der Waals surface area contributed by atoms with Crippen LogP contribution in [0.25, 0.3) is 38.9 Å². The van der Waals surface area contributed by atoms with E-state index in [0.717, 1.165) is 10.0 Å². The molecule has 0 spiro atoms. The maximum absolute atomic E-state index is 13.4. The zero-order valence-electron chi connectivity index (χ0n) is 15.5. The first-order valence-electron chi connectivity index (χ1n) is 8.91. The number of hydrogen-bond donors (Lipinski definition) is 1. The Bertz CT molecular complexity index is 1510. The van der Waals surface area contributed by atoms with Crippen LogP contribution in [0.1, 0.15) is 0 Å². The van der Waals surface area contributed by atoms with Crippen LogP contribution in [0.4, 0.5) is 5.69 Å². The average molecular weight is 465 g/mol. The predicted molar refractivity (Wildman–Crippen MR) is 116 cm³/mol. The molecule has 1 N–H and O–H groups in total. The summed E-state index contributed by atoms with van der Waals surface area (Å²) in [5.74, 6) is 0. The Kier molecular flexibility index (Phi) is 4.03. The van der Waals surface area contributed by atoms with Crippen LogP contribution in [0.15, 0.2) is 64.0 Å². The van der Waals surface area contributed by atoms with Crippen molar-refractivity contribution in [2.75, 3.05) is 0 Å². The fourth-order valence-electron chi connectivity index (χ4n) is 3.50. The van der Waals surface area contributed by atoms with Crippen molar-refractivity contribution in [2.24, 2.45) is 7.05 Å². The number of nitro groups is 1. The Hall–Kier alpha value is -3.79. The first-order valence-corrected chi connectivity index (χ1v) is 9.70. The number of aromatic amines is 1. The van der Waals surface area contributed by atoms with Gasteiger partial charge in [0.05, 0.1) is 38.8 Å². The smallest absolute Gasteiger partial charge is 0.281 e. The number of halogens is 1. The van der Waals surface area contributed by atoms with E-state index in [1.54, 1.807) is 17.9 Å². The Balaban J connectivity index is 1.85. The molecule has 3 aromatic heterocycles. The van der Waals surface area contributed by atoms with Gasteiger partial charge in [-0.1, -0.05) is 28.1 Å². The summed E-state index contributed by atoms with van der Waals surface area (Å²) >= 11 is 3.47. The third-order valence-corrected chi connectivity index (χ3v) is 5.43. The van der Waals surface area contributed by atoms with Gasteiger partial charge in [-0.15, -0.1) is 0 Å². The van der Waals surface area contributed by atoms with Crippen LogP contribution in [0.5, 0.6) is 0 Å². The van der Waals surface area contributed by atoms with Crippen molar-refractivity contribution >= 4 is 43.6 Å². The van der Waals surface area contributed by atoms with Crippen molar-refractivity contribution in [1.29, 1.82) is 0 Å². The van der Waals surface area contributed by atoms with Gasteiger partial charge < -0.3 is 0 Å². The molecule has 2 aromatic carbocycles. The highest BCUT2D eigenvalue weighted by Gasteiger charge is 2.20. The summed E-state index contributed by atoms with van der Waals surface area (Å²) in [6, 6.07) is 13.3. The van der Waals surface area contributed by atoms with Crippen LogP contribution >= 0.6 is 15.9 Å². The van der Waals surface area contributed by atoms with Gasteiger partial charge in [-0.2, -0.15) is 5.10 Å². The van der Waals surface area contributed by atoms with E-state index < -0.39 is 4.92 Å². The monoisotopic (exact) mass is 464 g/mol. The van der Waals surface area contributed by atoms with Gasteiger partial charge in [-0.3, -0.25) is 24.7 Å². The number of benzene rings is 2. The number of rotatable bonds is 3. The number of non-ortho nitro benzene ring substituents is 1. The maximum atomic E-state index is 13.4. The molecule has 5 aromatic rings. The molecule has 0 aliphatic heterocycles. The largest absolute Gasteiger partial charge is 0.289 e.